The van der Waals surface area contributed by atoms with E-state index in [4.69, 9.17) is 0 Å². The van der Waals surface area contributed by atoms with Gasteiger partial charge in [0.15, 0.2) is 0 Å². The molecule has 5 heteroatoms. The fraction of sp³-hybridized carbons (Fsp3) is 0.302. The van der Waals surface area contributed by atoms with Gasteiger partial charge in [0.05, 0.1) is 45.1 Å². The zero-order valence-electron chi connectivity index (χ0n) is 35.9. The highest BCUT2D eigenvalue weighted by atomic mass is 19.1. The van der Waals surface area contributed by atoms with Crippen LogP contribution in [0.15, 0.2) is 103 Å². The zero-order chi connectivity index (χ0) is 41.9. The van der Waals surface area contributed by atoms with Crippen LogP contribution in [0.1, 0.15) is 111 Å². The Bertz CT molecular complexity index is 2820. The van der Waals surface area contributed by atoms with Gasteiger partial charge in [0.25, 0.3) is 0 Å². The summed E-state index contributed by atoms with van der Waals surface area (Å²) < 4.78 is 35.6. The second kappa shape index (κ2) is 13.1. The highest BCUT2D eigenvalue weighted by Crippen LogP contribution is 2.45. The Morgan fingerprint density at radius 3 is 1.14 bits per heavy atom. The fourth-order valence-electron chi connectivity index (χ4n) is 8.45. The van der Waals surface area contributed by atoms with E-state index in [0.717, 1.165) is 60.8 Å². The van der Waals surface area contributed by atoms with Crippen LogP contribution in [0.3, 0.4) is 0 Å². The molecule has 2 aromatic heterocycles. The third-order valence-electron chi connectivity index (χ3n) is 11.9. The molecule has 8 rings (SSSR count). The van der Waals surface area contributed by atoms with E-state index in [2.05, 4.69) is 171 Å². The van der Waals surface area contributed by atoms with Gasteiger partial charge in [0, 0.05) is 33.2 Å². The molecule has 0 N–H and O–H groups in total. The summed E-state index contributed by atoms with van der Waals surface area (Å²) in [6.45, 7) is 26.5. The maximum Gasteiger partial charge on any atom is 0.126 e. The van der Waals surface area contributed by atoms with Gasteiger partial charge in [0.2, 0.25) is 0 Å². The van der Waals surface area contributed by atoms with Crippen LogP contribution in [0.25, 0.3) is 66.1 Å². The number of benzene rings is 6. The highest BCUT2D eigenvalue weighted by molar-refractivity contribution is 6.12. The van der Waals surface area contributed by atoms with E-state index in [1.165, 1.54) is 23.3 Å². The summed E-state index contributed by atoms with van der Waals surface area (Å²) in [6, 6.07) is 36.5. The number of rotatable bonds is 3. The minimum Gasteiger partial charge on any atom is -0.308 e. The molecule has 0 aliphatic heterocycles. The molecule has 0 atom stereocenters. The molecular formula is C53H53F2N3. The maximum atomic E-state index is 15.6. The second-order valence-electron chi connectivity index (χ2n) is 20.3. The standard InChI is InChI=1S/C53H53F2N3/c1-50(2,3)33-15-19-43-41(25-33)39-17-13-35(52(7,8)9)27-45(39)57(43)47-21-31(30-56)22-48(49(47)32-23-37(54)29-38(55)24-32)58-44-20-16-34(51(4,5)6)26-42(44)40-18-14-36(28-46(40)58)53(10,11)12/h13-29H,1-12H3. The molecule has 0 aliphatic rings. The number of hydrogen-bond acceptors (Lipinski definition) is 1. The predicted molar refractivity (Wildman–Crippen MR) is 240 cm³/mol. The number of hydrogen-bond donors (Lipinski definition) is 0. The zero-order valence-corrected chi connectivity index (χ0v) is 35.9. The summed E-state index contributed by atoms with van der Waals surface area (Å²) in [7, 11) is 0. The second-order valence-corrected chi connectivity index (χ2v) is 20.3. The first-order chi connectivity index (χ1) is 27.0. The molecule has 58 heavy (non-hydrogen) atoms. The third-order valence-corrected chi connectivity index (χ3v) is 11.9. The number of halogens is 2. The van der Waals surface area contributed by atoms with Gasteiger partial charge >= 0.3 is 0 Å². The van der Waals surface area contributed by atoms with E-state index in [0.29, 0.717) is 28.1 Å². The predicted octanol–water partition coefficient (Wildman–Crippen LogP) is 14.9. The van der Waals surface area contributed by atoms with Crippen molar-refractivity contribution in [1.82, 2.24) is 9.13 Å². The Balaban J connectivity index is 1.61. The molecule has 0 aliphatic carbocycles. The maximum absolute atomic E-state index is 15.6. The average molecular weight is 770 g/mol. The van der Waals surface area contributed by atoms with Crippen LogP contribution in [0.2, 0.25) is 0 Å². The fourth-order valence-corrected chi connectivity index (χ4v) is 8.45. The Morgan fingerprint density at radius 1 is 0.414 bits per heavy atom. The molecule has 0 saturated carbocycles. The lowest BCUT2D eigenvalue weighted by Crippen LogP contribution is -2.11. The van der Waals surface area contributed by atoms with Gasteiger partial charge in [-0.3, -0.25) is 0 Å². The van der Waals surface area contributed by atoms with Gasteiger partial charge in [-0.1, -0.05) is 119 Å². The first-order valence-electron chi connectivity index (χ1n) is 20.3. The summed E-state index contributed by atoms with van der Waals surface area (Å²) in [5, 5.41) is 15.1. The number of aromatic nitrogens is 2. The molecule has 294 valence electrons. The van der Waals surface area contributed by atoms with Crippen LogP contribution in [0.5, 0.6) is 0 Å². The van der Waals surface area contributed by atoms with Gasteiger partial charge < -0.3 is 9.13 Å². The minimum absolute atomic E-state index is 0.0958. The smallest absolute Gasteiger partial charge is 0.126 e. The Hall–Kier alpha value is -5.73. The molecule has 3 nitrogen and oxygen atoms in total. The SMILES string of the molecule is CC(C)(C)c1ccc2c(c1)c1ccc(C(C)(C)C)cc1n2-c1cc(C#N)cc(-n2c3ccc(C(C)(C)C)cc3c3ccc(C(C)(C)C)cc32)c1-c1cc(F)cc(F)c1. The lowest BCUT2D eigenvalue weighted by atomic mass is 9.85. The number of nitriles is 1. The summed E-state index contributed by atoms with van der Waals surface area (Å²) >= 11 is 0. The van der Waals surface area contributed by atoms with Gasteiger partial charge in [0.1, 0.15) is 11.6 Å². The van der Waals surface area contributed by atoms with Crippen molar-refractivity contribution in [2.75, 3.05) is 0 Å². The Kier molecular flexibility index (Phi) is 8.87. The van der Waals surface area contributed by atoms with Crippen molar-refractivity contribution in [3.8, 4) is 28.6 Å². The summed E-state index contributed by atoms with van der Waals surface area (Å²) in [4.78, 5) is 0. The van der Waals surface area contributed by atoms with Crippen molar-refractivity contribution in [3.05, 3.63) is 143 Å². The van der Waals surface area contributed by atoms with E-state index in [1.807, 2.05) is 12.1 Å². The van der Waals surface area contributed by atoms with E-state index in [-0.39, 0.29) is 21.7 Å². The van der Waals surface area contributed by atoms with E-state index in [9.17, 15) is 5.26 Å². The largest absolute Gasteiger partial charge is 0.308 e. The van der Waals surface area contributed by atoms with Crippen LogP contribution in [-0.2, 0) is 21.7 Å². The summed E-state index contributed by atoms with van der Waals surface area (Å²) in [5.74, 6) is -1.34. The highest BCUT2D eigenvalue weighted by Gasteiger charge is 2.27. The molecule has 0 amide bonds. The van der Waals surface area contributed by atoms with Crippen LogP contribution in [0.4, 0.5) is 8.78 Å². The van der Waals surface area contributed by atoms with Crippen LogP contribution in [0, 0.1) is 23.0 Å². The summed E-state index contributed by atoms with van der Waals surface area (Å²) in [6.07, 6.45) is 0. The molecule has 2 heterocycles. The van der Waals surface area contributed by atoms with E-state index in [1.54, 1.807) is 0 Å². The van der Waals surface area contributed by atoms with E-state index >= 15 is 8.78 Å². The molecule has 0 bridgehead atoms. The molecule has 0 spiro atoms. The monoisotopic (exact) mass is 769 g/mol. The molecule has 0 radical (unpaired) electrons. The van der Waals surface area contributed by atoms with Crippen LogP contribution >= 0.6 is 0 Å². The van der Waals surface area contributed by atoms with Crippen molar-refractivity contribution in [2.45, 2.75) is 105 Å². The first kappa shape index (κ1) is 39.1. The average Bonchev–Trinajstić information content (AvgIpc) is 3.63. The molecule has 8 aromatic rings. The Labute approximate surface area is 341 Å². The normalized spacial score (nSPS) is 13.0. The molecule has 0 fully saturated rings. The van der Waals surface area contributed by atoms with Crippen LogP contribution in [-0.4, -0.2) is 9.13 Å². The van der Waals surface area contributed by atoms with Crippen molar-refractivity contribution in [1.29, 1.82) is 5.26 Å². The molecule has 6 aromatic carbocycles. The van der Waals surface area contributed by atoms with Crippen molar-refractivity contribution in [3.63, 3.8) is 0 Å². The van der Waals surface area contributed by atoms with Gasteiger partial charge in [-0.15, -0.1) is 0 Å². The molecule has 0 unspecified atom stereocenters. The van der Waals surface area contributed by atoms with Gasteiger partial charge in [-0.2, -0.15) is 5.26 Å². The minimum atomic E-state index is -0.671. The Morgan fingerprint density at radius 2 is 0.776 bits per heavy atom. The topological polar surface area (TPSA) is 33.6 Å². The van der Waals surface area contributed by atoms with Crippen molar-refractivity contribution in [2.24, 2.45) is 0 Å². The number of fused-ring (bicyclic) bond motifs is 6. The van der Waals surface area contributed by atoms with E-state index < -0.39 is 11.6 Å². The number of nitrogens with zero attached hydrogens (tertiary/aromatic N) is 3. The first-order valence-corrected chi connectivity index (χ1v) is 20.3. The molecular weight excluding hydrogens is 717 g/mol. The summed E-state index contributed by atoms with van der Waals surface area (Å²) in [5.41, 5.74) is 10.8. The van der Waals surface area contributed by atoms with Crippen LogP contribution < -0.4 is 0 Å². The third kappa shape index (κ3) is 6.57. The molecule has 0 saturated heterocycles. The van der Waals surface area contributed by atoms with Crippen molar-refractivity contribution < 1.29 is 8.78 Å². The lowest BCUT2D eigenvalue weighted by Gasteiger charge is -2.23. The van der Waals surface area contributed by atoms with Crippen molar-refractivity contribution >= 4 is 43.6 Å². The van der Waals surface area contributed by atoms with Gasteiger partial charge in [-0.25, -0.2) is 8.78 Å². The quantitative estimate of drug-likeness (QED) is 0.176. The van der Waals surface area contributed by atoms with Gasteiger partial charge in [-0.05, 0) is 110 Å². The lowest BCUT2D eigenvalue weighted by molar-refractivity contribution is 0.584.